The average molecular weight is 365 g/mol. The smallest absolute Gasteiger partial charge is 0.246 e. The minimum absolute atomic E-state index is 0.00981. The van der Waals surface area contributed by atoms with Crippen molar-refractivity contribution >= 4 is 26.0 Å². The summed E-state index contributed by atoms with van der Waals surface area (Å²) in [6, 6.07) is 2.95. The zero-order valence-corrected chi connectivity index (χ0v) is 13.9. The Labute approximate surface area is 127 Å². The van der Waals surface area contributed by atoms with E-state index in [1.54, 1.807) is 6.07 Å². The molecule has 0 spiro atoms. The summed E-state index contributed by atoms with van der Waals surface area (Å²) < 4.78 is 41.2. The highest BCUT2D eigenvalue weighted by Gasteiger charge is 2.36. The van der Waals surface area contributed by atoms with Crippen molar-refractivity contribution < 1.29 is 12.8 Å². The van der Waals surface area contributed by atoms with Crippen LogP contribution in [0.5, 0.6) is 0 Å². The zero-order valence-electron chi connectivity index (χ0n) is 11.5. The van der Waals surface area contributed by atoms with Crippen LogP contribution < -0.4 is 5.32 Å². The topological polar surface area (TPSA) is 49.4 Å². The second kappa shape index (κ2) is 6.09. The molecular formula is C13H18BrFN2O2S. The number of nitrogens with one attached hydrogen (secondary N) is 1. The Morgan fingerprint density at radius 2 is 2.10 bits per heavy atom. The number of rotatable bonds is 6. The first kappa shape index (κ1) is 15.9. The van der Waals surface area contributed by atoms with Crippen molar-refractivity contribution in [3.05, 3.63) is 28.0 Å². The third kappa shape index (κ3) is 3.21. The molecule has 0 unspecified atom stereocenters. The van der Waals surface area contributed by atoms with Crippen LogP contribution in [0.1, 0.15) is 25.3 Å². The lowest BCUT2D eigenvalue weighted by atomic mass is 10.2. The van der Waals surface area contributed by atoms with E-state index in [-0.39, 0.29) is 10.9 Å². The van der Waals surface area contributed by atoms with E-state index in [9.17, 15) is 12.8 Å². The van der Waals surface area contributed by atoms with Crippen LogP contribution in [0.2, 0.25) is 0 Å². The molecule has 1 aliphatic carbocycles. The molecular weight excluding hydrogens is 347 g/mol. The lowest BCUT2D eigenvalue weighted by Gasteiger charge is -2.18. The monoisotopic (exact) mass is 364 g/mol. The van der Waals surface area contributed by atoms with Gasteiger partial charge in [0.15, 0.2) is 0 Å². The molecule has 7 heteroatoms. The van der Waals surface area contributed by atoms with E-state index in [1.807, 2.05) is 6.92 Å². The quantitative estimate of drug-likeness (QED) is 0.843. The second-order valence-corrected chi connectivity index (χ2v) is 7.79. The molecule has 112 valence electrons. The highest BCUT2D eigenvalue weighted by molar-refractivity contribution is 9.10. The van der Waals surface area contributed by atoms with Gasteiger partial charge in [0.25, 0.3) is 0 Å². The largest absolute Gasteiger partial charge is 0.313 e. The van der Waals surface area contributed by atoms with E-state index in [1.165, 1.54) is 17.4 Å². The van der Waals surface area contributed by atoms with Crippen molar-refractivity contribution in [2.75, 3.05) is 13.6 Å². The summed E-state index contributed by atoms with van der Waals surface area (Å²) in [5.41, 5.74) is 0.351. The van der Waals surface area contributed by atoms with Gasteiger partial charge < -0.3 is 5.32 Å². The summed E-state index contributed by atoms with van der Waals surface area (Å²) in [5.74, 6) is -0.665. The average Bonchev–Trinajstić information content (AvgIpc) is 3.22. The van der Waals surface area contributed by atoms with Crippen molar-refractivity contribution in [2.45, 2.75) is 37.2 Å². The molecule has 1 fully saturated rings. The second-order valence-electron chi connectivity index (χ2n) is 4.91. The molecule has 1 saturated carbocycles. The summed E-state index contributed by atoms with van der Waals surface area (Å²) in [6.07, 6.45) is 1.69. The van der Waals surface area contributed by atoms with E-state index < -0.39 is 15.8 Å². The maximum atomic E-state index is 14.4. The van der Waals surface area contributed by atoms with Crippen LogP contribution in [-0.4, -0.2) is 32.4 Å². The normalized spacial score (nSPS) is 15.8. The third-order valence-electron chi connectivity index (χ3n) is 3.36. The van der Waals surface area contributed by atoms with Crippen LogP contribution in [0, 0.1) is 5.82 Å². The van der Waals surface area contributed by atoms with Crippen molar-refractivity contribution in [3.63, 3.8) is 0 Å². The molecule has 0 amide bonds. The Kier molecular flexibility index (Phi) is 4.84. The summed E-state index contributed by atoms with van der Waals surface area (Å²) in [7, 11) is -2.26. The molecule has 0 heterocycles. The summed E-state index contributed by atoms with van der Waals surface area (Å²) >= 11 is 3.26. The Morgan fingerprint density at radius 1 is 1.45 bits per heavy atom. The van der Waals surface area contributed by atoms with Gasteiger partial charge in [-0.05, 0) is 31.5 Å². The van der Waals surface area contributed by atoms with Crippen LogP contribution >= 0.6 is 15.9 Å². The van der Waals surface area contributed by atoms with E-state index in [0.717, 1.165) is 12.8 Å². The highest BCUT2D eigenvalue weighted by atomic mass is 79.9. The Morgan fingerprint density at radius 3 is 2.65 bits per heavy atom. The van der Waals surface area contributed by atoms with Gasteiger partial charge in [-0.1, -0.05) is 22.9 Å². The van der Waals surface area contributed by atoms with Gasteiger partial charge in [-0.25, -0.2) is 12.8 Å². The summed E-state index contributed by atoms with van der Waals surface area (Å²) in [4.78, 5) is -0.255. The Balaban J connectivity index is 2.42. The van der Waals surface area contributed by atoms with E-state index in [4.69, 9.17) is 0 Å². The minimum Gasteiger partial charge on any atom is -0.313 e. The lowest BCUT2D eigenvalue weighted by Crippen LogP contribution is -2.30. The number of sulfonamides is 1. The fraction of sp³-hybridized carbons (Fsp3) is 0.538. The van der Waals surface area contributed by atoms with Gasteiger partial charge >= 0.3 is 0 Å². The molecule has 0 atom stereocenters. The highest BCUT2D eigenvalue weighted by Crippen LogP contribution is 2.33. The molecule has 0 bridgehead atoms. The summed E-state index contributed by atoms with van der Waals surface area (Å²) in [5, 5.41) is 3.01. The molecule has 1 aromatic carbocycles. The minimum atomic E-state index is -3.78. The Bertz CT molecular complexity index is 603. The maximum absolute atomic E-state index is 14.4. The van der Waals surface area contributed by atoms with Crippen molar-refractivity contribution in [1.29, 1.82) is 0 Å². The van der Waals surface area contributed by atoms with Crippen LogP contribution in [0.25, 0.3) is 0 Å². The fourth-order valence-corrected chi connectivity index (χ4v) is 4.19. The van der Waals surface area contributed by atoms with Gasteiger partial charge in [0.05, 0.1) is 0 Å². The maximum Gasteiger partial charge on any atom is 0.246 e. The van der Waals surface area contributed by atoms with E-state index in [0.29, 0.717) is 23.1 Å². The van der Waals surface area contributed by atoms with Crippen LogP contribution in [0.4, 0.5) is 4.39 Å². The first-order valence-electron chi connectivity index (χ1n) is 6.54. The molecule has 4 nitrogen and oxygen atoms in total. The van der Waals surface area contributed by atoms with Gasteiger partial charge in [-0.15, -0.1) is 0 Å². The molecule has 0 saturated heterocycles. The lowest BCUT2D eigenvalue weighted by molar-refractivity contribution is 0.456. The number of benzene rings is 1. The number of halogens is 2. The third-order valence-corrected chi connectivity index (χ3v) is 5.73. The van der Waals surface area contributed by atoms with Crippen molar-refractivity contribution in [2.24, 2.45) is 0 Å². The van der Waals surface area contributed by atoms with E-state index >= 15 is 0 Å². The van der Waals surface area contributed by atoms with Gasteiger partial charge in [0.2, 0.25) is 10.0 Å². The molecule has 1 aliphatic rings. The predicted octanol–water partition coefficient (Wildman–Crippen LogP) is 2.48. The Hall–Kier alpha value is -0.500. The van der Waals surface area contributed by atoms with Crippen LogP contribution in [0.3, 0.4) is 0 Å². The SMILES string of the molecule is CCNCc1cc(Br)cc(S(=O)(=O)N(C)C2CC2)c1F. The number of nitrogens with zero attached hydrogens (tertiary/aromatic N) is 1. The number of hydrogen-bond donors (Lipinski definition) is 1. The van der Waals surface area contributed by atoms with Gasteiger partial charge in [0, 0.05) is 29.7 Å². The van der Waals surface area contributed by atoms with Crippen LogP contribution in [-0.2, 0) is 16.6 Å². The molecule has 0 aliphatic heterocycles. The van der Waals surface area contributed by atoms with Gasteiger partial charge in [-0.3, -0.25) is 0 Å². The fourth-order valence-electron chi connectivity index (χ4n) is 1.98. The zero-order chi connectivity index (χ0) is 14.9. The number of hydrogen-bond acceptors (Lipinski definition) is 3. The first-order valence-corrected chi connectivity index (χ1v) is 8.78. The molecule has 2 rings (SSSR count). The molecule has 20 heavy (non-hydrogen) atoms. The molecule has 1 N–H and O–H groups in total. The van der Waals surface area contributed by atoms with Crippen molar-refractivity contribution in [1.82, 2.24) is 9.62 Å². The van der Waals surface area contributed by atoms with Gasteiger partial charge in [0.1, 0.15) is 10.7 Å². The predicted molar refractivity (Wildman–Crippen MR) is 79.5 cm³/mol. The summed E-state index contributed by atoms with van der Waals surface area (Å²) in [6.45, 7) is 2.90. The first-order chi connectivity index (χ1) is 9.37. The molecule has 0 radical (unpaired) electrons. The van der Waals surface area contributed by atoms with Crippen molar-refractivity contribution in [3.8, 4) is 0 Å². The van der Waals surface area contributed by atoms with Crippen LogP contribution in [0.15, 0.2) is 21.5 Å². The van der Waals surface area contributed by atoms with Gasteiger partial charge in [-0.2, -0.15) is 4.31 Å². The standard InChI is InChI=1S/C13H18BrFN2O2S/c1-3-16-8-9-6-10(14)7-12(13(9)15)20(18,19)17(2)11-4-5-11/h6-7,11,16H,3-5,8H2,1-2H3. The van der Waals surface area contributed by atoms with E-state index in [2.05, 4.69) is 21.2 Å². The molecule has 1 aromatic rings. The molecule has 0 aromatic heterocycles.